The van der Waals surface area contributed by atoms with Gasteiger partial charge in [0.25, 0.3) is 10.0 Å². The molecule has 2 aromatic rings. The van der Waals surface area contributed by atoms with Gasteiger partial charge in [-0.3, -0.25) is 4.72 Å². The van der Waals surface area contributed by atoms with Gasteiger partial charge in [-0.2, -0.15) is 0 Å². The highest BCUT2D eigenvalue weighted by Gasteiger charge is 2.13. The van der Waals surface area contributed by atoms with Gasteiger partial charge in [-0.05, 0) is 42.5 Å². The maximum atomic E-state index is 12.2. The molecule has 6 heteroatoms. The zero-order chi connectivity index (χ0) is 15.3. The quantitative estimate of drug-likeness (QED) is 0.853. The molecule has 0 unspecified atom stereocenters. The van der Waals surface area contributed by atoms with Gasteiger partial charge < -0.3 is 5.73 Å². The molecule has 0 aromatic heterocycles. The molecule has 108 valence electrons. The first kappa shape index (κ1) is 15.4. The van der Waals surface area contributed by atoms with Crippen LogP contribution in [0.5, 0.6) is 0 Å². The number of sulfonamides is 1. The Kier molecular flexibility index (Phi) is 4.86. The normalized spacial score (nSPS) is 10.6. The smallest absolute Gasteiger partial charge is 0.261 e. The van der Waals surface area contributed by atoms with Crippen LogP contribution in [0.25, 0.3) is 0 Å². The summed E-state index contributed by atoms with van der Waals surface area (Å²) in [5.41, 5.74) is 6.41. The standard InChI is InChI=1S/C15H13ClN2O2S/c16-13-4-1-5-14(11-13)18-21(19,20)15-8-6-12(7-9-15)3-2-10-17/h1,4-9,11,18H,10,17H2. The molecule has 21 heavy (non-hydrogen) atoms. The van der Waals surface area contributed by atoms with Crippen molar-refractivity contribution in [1.82, 2.24) is 0 Å². The lowest BCUT2D eigenvalue weighted by Gasteiger charge is -2.08. The van der Waals surface area contributed by atoms with Crippen molar-refractivity contribution >= 4 is 27.3 Å². The van der Waals surface area contributed by atoms with Crippen molar-refractivity contribution in [2.24, 2.45) is 5.73 Å². The van der Waals surface area contributed by atoms with E-state index in [4.69, 9.17) is 17.3 Å². The maximum absolute atomic E-state index is 12.2. The Morgan fingerprint density at radius 3 is 2.48 bits per heavy atom. The van der Waals surface area contributed by atoms with Gasteiger partial charge in [0.05, 0.1) is 17.1 Å². The third kappa shape index (κ3) is 4.23. The van der Waals surface area contributed by atoms with Gasteiger partial charge in [0.1, 0.15) is 0 Å². The van der Waals surface area contributed by atoms with E-state index in [2.05, 4.69) is 16.6 Å². The molecule has 0 amide bonds. The summed E-state index contributed by atoms with van der Waals surface area (Å²) < 4.78 is 26.9. The molecule has 0 atom stereocenters. The molecule has 0 aliphatic rings. The van der Waals surface area contributed by atoms with Gasteiger partial charge in [0, 0.05) is 10.6 Å². The minimum Gasteiger partial charge on any atom is -0.320 e. The van der Waals surface area contributed by atoms with Crippen LogP contribution in [0.1, 0.15) is 5.56 Å². The van der Waals surface area contributed by atoms with Crippen LogP contribution in [-0.2, 0) is 10.0 Å². The molecule has 0 fully saturated rings. The summed E-state index contributed by atoms with van der Waals surface area (Å²) in [5, 5.41) is 0.461. The first-order valence-electron chi connectivity index (χ1n) is 6.09. The summed E-state index contributed by atoms with van der Waals surface area (Å²) >= 11 is 5.83. The van der Waals surface area contributed by atoms with Gasteiger partial charge in [0.15, 0.2) is 0 Å². The molecule has 0 heterocycles. The topological polar surface area (TPSA) is 72.2 Å². The van der Waals surface area contributed by atoms with E-state index in [1.54, 1.807) is 36.4 Å². The van der Waals surface area contributed by atoms with Crippen molar-refractivity contribution in [1.29, 1.82) is 0 Å². The minimum atomic E-state index is -3.65. The Balaban J connectivity index is 2.23. The number of benzene rings is 2. The lowest BCUT2D eigenvalue weighted by atomic mass is 10.2. The zero-order valence-corrected chi connectivity index (χ0v) is 12.6. The molecule has 0 bridgehead atoms. The fraction of sp³-hybridized carbons (Fsp3) is 0.0667. The zero-order valence-electron chi connectivity index (χ0n) is 11.0. The van der Waals surface area contributed by atoms with Crippen LogP contribution >= 0.6 is 11.6 Å². The Morgan fingerprint density at radius 1 is 1.14 bits per heavy atom. The van der Waals surface area contributed by atoms with Crippen molar-refractivity contribution in [3.05, 3.63) is 59.1 Å². The molecule has 2 rings (SSSR count). The largest absolute Gasteiger partial charge is 0.320 e. The van der Waals surface area contributed by atoms with Crippen LogP contribution in [0.15, 0.2) is 53.4 Å². The first-order chi connectivity index (χ1) is 10.0. The number of halogens is 1. The minimum absolute atomic E-state index is 0.153. The predicted molar refractivity (Wildman–Crippen MR) is 84.6 cm³/mol. The summed E-state index contributed by atoms with van der Waals surface area (Å²) in [7, 11) is -3.65. The summed E-state index contributed by atoms with van der Waals surface area (Å²) in [6, 6.07) is 12.8. The van der Waals surface area contributed by atoms with E-state index >= 15 is 0 Å². The average Bonchev–Trinajstić information content (AvgIpc) is 2.45. The Labute approximate surface area is 129 Å². The highest BCUT2D eigenvalue weighted by atomic mass is 35.5. The average molecular weight is 321 g/mol. The van der Waals surface area contributed by atoms with Gasteiger partial charge in [-0.15, -0.1) is 0 Å². The molecule has 0 radical (unpaired) electrons. The van der Waals surface area contributed by atoms with Crippen LogP contribution < -0.4 is 10.5 Å². The second-order valence-corrected chi connectivity index (χ2v) is 6.26. The maximum Gasteiger partial charge on any atom is 0.261 e. The first-order valence-corrected chi connectivity index (χ1v) is 7.95. The highest BCUT2D eigenvalue weighted by Crippen LogP contribution is 2.19. The van der Waals surface area contributed by atoms with Crippen molar-refractivity contribution in [2.45, 2.75) is 4.90 Å². The van der Waals surface area contributed by atoms with Crippen LogP contribution in [-0.4, -0.2) is 15.0 Å². The fourth-order valence-corrected chi connectivity index (χ4v) is 2.88. The van der Waals surface area contributed by atoms with Crippen LogP contribution in [0, 0.1) is 11.8 Å². The summed E-state index contributed by atoms with van der Waals surface area (Å²) in [6.07, 6.45) is 0. The van der Waals surface area contributed by atoms with Crippen LogP contribution in [0.4, 0.5) is 5.69 Å². The summed E-state index contributed by atoms with van der Waals surface area (Å²) in [6.45, 7) is 0.260. The number of anilines is 1. The number of rotatable bonds is 3. The fourth-order valence-electron chi connectivity index (χ4n) is 1.64. The Morgan fingerprint density at radius 2 is 1.86 bits per heavy atom. The lowest BCUT2D eigenvalue weighted by Crippen LogP contribution is -2.12. The van der Waals surface area contributed by atoms with E-state index in [1.807, 2.05) is 0 Å². The summed E-state index contributed by atoms with van der Waals surface area (Å²) in [5.74, 6) is 5.54. The highest BCUT2D eigenvalue weighted by molar-refractivity contribution is 7.92. The van der Waals surface area contributed by atoms with Crippen LogP contribution in [0.3, 0.4) is 0 Å². The number of hydrogen-bond donors (Lipinski definition) is 2. The van der Waals surface area contributed by atoms with Crippen molar-refractivity contribution in [3.8, 4) is 11.8 Å². The van der Waals surface area contributed by atoms with E-state index in [9.17, 15) is 8.42 Å². The Bertz CT molecular complexity index is 790. The Hall–Kier alpha value is -2.00. The molecule has 0 aliphatic carbocycles. The molecular weight excluding hydrogens is 308 g/mol. The summed E-state index contributed by atoms with van der Waals surface area (Å²) in [4.78, 5) is 0.153. The molecule has 0 saturated carbocycles. The second-order valence-electron chi connectivity index (χ2n) is 4.15. The SMILES string of the molecule is NCC#Cc1ccc(S(=O)(=O)Nc2cccc(Cl)c2)cc1. The van der Waals surface area contributed by atoms with Gasteiger partial charge in [-0.25, -0.2) is 8.42 Å². The molecule has 2 aromatic carbocycles. The van der Waals surface area contributed by atoms with E-state index < -0.39 is 10.0 Å². The van der Waals surface area contributed by atoms with Crippen molar-refractivity contribution < 1.29 is 8.42 Å². The molecule has 0 spiro atoms. The molecule has 0 aliphatic heterocycles. The third-order valence-electron chi connectivity index (χ3n) is 2.58. The van der Waals surface area contributed by atoms with Gasteiger partial charge in [-0.1, -0.05) is 29.5 Å². The van der Waals surface area contributed by atoms with E-state index in [0.29, 0.717) is 16.3 Å². The van der Waals surface area contributed by atoms with Crippen molar-refractivity contribution in [3.63, 3.8) is 0 Å². The lowest BCUT2D eigenvalue weighted by molar-refractivity contribution is 0.601. The molecule has 4 nitrogen and oxygen atoms in total. The molecule has 3 N–H and O–H groups in total. The van der Waals surface area contributed by atoms with E-state index in [1.165, 1.54) is 12.1 Å². The van der Waals surface area contributed by atoms with Gasteiger partial charge >= 0.3 is 0 Å². The van der Waals surface area contributed by atoms with Gasteiger partial charge in [0.2, 0.25) is 0 Å². The predicted octanol–water partition coefficient (Wildman–Crippen LogP) is 2.45. The molecular formula is C15H13ClN2O2S. The molecule has 0 saturated heterocycles. The van der Waals surface area contributed by atoms with Crippen molar-refractivity contribution in [2.75, 3.05) is 11.3 Å². The monoisotopic (exact) mass is 320 g/mol. The van der Waals surface area contributed by atoms with E-state index in [-0.39, 0.29) is 11.4 Å². The number of nitrogens with one attached hydrogen (secondary N) is 1. The van der Waals surface area contributed by atoms with E-state index in [0.717, 1.165) is 0 Å². The number of hydrogen-bond acceptors (Lipinski definition) is 3. The van der Waals surface area contributed by atoms with Crippen LogP contribution in [0.2, 0.25) is 5.02 Å². The third-order valence-corrected chi connectivity index (χ3v) is 4.21. The number of nitrogens with two attached hydrogens (primary N) is 1. The second kappa shape index (κ2) is 6.64.